The molecule has 20 heavy (non-hydrogen) atoms. The molecule has 2 rings (SSSR count). The molecule has 0 amide bonds. The maximum atomic E-state index is 11.3. The fourth-order valence-electron chi connectivity index (χ4n) is 2.16. The van der Waals surface area contributed by atoms with Crippen LogP contribution in [0.3, 0.4) is 0 Å². The zero-order valence-corrected chi connectivity index (χ0v) is 11.8. The van der Waals surface area contributed by atoms with Gasteiger partial charge < -0.3 is 9.47 Å². The largest absolute Gasteiger partial charge is 0.496 e. The molecule has 0 N–H and O–H groups in total. The second-order valence-corrected chi connectivity index (χ2v) is 4.56. The molecule has 0 aliphatic heterocycles. The Morgan fingerprint density at radius 1 is 1.00 bits per heavy atom. The topological polar surface area (TPSA) is 35.5 Å². The van der Waals surface area contributed by atoms with Crippen LogP contribution in [0.4, 0.5) is 0 Å². The maximum Gasteiger partial charge on any atom is 0.309 e. The van der Waals surface area contributed by atoms with E-state index < -0.39 is 0 Å². The van der Waals surface area contributed by atoms with Gasteiger partial charge in [-0.25, -0.2) is 0 Å². The molecule has 0 fully saturated rings. The molecule has 0 saturated heterocycles. The van der Waals surface area contributed by atoms with Crippen molar-refractivity contribution in [2.45, 2.75) is 12.8 Å². The van der Waals surface area contributed by atoms with Crippen LogP contribution >= 0.6 is 0 Å². The highest BCUT2D eigenvalue weighted by Crippen LogP contribution is 2.21. The molecule has 0 saturated carbocycles. The summed E-state index contributed by atoms with van der Waals surface area (Å²) in [7, 11) is 3.08. The predicted molar refractivity (Wildman–Crippen MR) is 78.0 cm³/mol. The minimum absolute atomic E-state index is 0.223. The minimum atomic E-state index is -0.223. The average molecular weight is 270 g/mol. The highest BCUT2D eigenvalue weighted by Gasteiger charge is 2.06. The Balaban J connectivity index is 2.17. The molecular weight excluding hydrogens is 252 g/mol. The summed E-state index contributed by atoms with van der Waals surface area (Å²) in [6.45, 7) is 0. The van der Waals surface area contributed by atoms with Crippen LogP contribution in [-0.2, 0) is 22.4 Å². The van der Waals surface area contributed by atoms with Crippen LogP contribution in [0.5, 0.6) is 5.75 Å². The van der Waals surface area contributed by atoms with E-state index in [1.54, 1.807) is 7.11 Å². The fraction of sp³-hybridized carbons (Fsp3) is 0.235. The minimum Gasteiger partial charge on any atom is -0.496 e. The Bertz CT molecular complexity index is 590. The van der Waals surface area contributed by atoms with Gasteiger partial charge in [0.25, 0.3) is 0 Å². The lowest BCUT2D eigenvalue weighted by molar-refractivity contribution is -0.139. The molecule has 104 valence electrons. The summed E-state index contributed by atoms with van der Waals surface area (Å²) in [5.41, 5.74) is 3.24. The second-order valence-electron chi connectivity index (χ2n) is 4.56. The maximum absolute atomic E-state index is 11.3. The average Bonchev–Trinajstić information content (AvgIpc) is 2.48. The standard InChI is InChI=1S/C17H18O3/c1-19-16-9-4-3-8-15(16)11-13-6-5-7-14(10-13)12-17(18)20-2/h3-10H,11-12H2,1-2H3. The predicted octanol–water partition coefficient (Wildman–Crippen LogP) is 3.00. The number of hydrogen-bond donors (Lipinski definition) is 0. The number of hydrogen-bond acceptors (Lipinski definition) is 3. The number of methoxy groups -OCH3 is 2. The molecule has 2 aromatic rings. The number of ether oxygens (including phenoxy) is 2. The van der Waals surface area contributed by atoms with Gasteiger partial charge in [0.2, 0.25) is 0 Å². The Morgan fingerprint density at radius 2 is 1.75 bits per heavy atom. The van der Waals surface area contributed by atoms with Crippen LogP contribution in [0.25, 0.3) is 0 Å². The van der Waals surface area contributed by atoms with Crippen molar-refractivity contribution in [1.29, 1.82) is 0 Å². The van der Waals surface area contributed by atoms with Gasteiger partial charge in [-0.3, -0.25) is 4.79 Å². The van der Waals surface area contributed by atoms with E-state index >= 15 is 0 Å². The number of carbonyl (C=O) groups excluding carboxylic acids is 1. The lowest BCUT2D eigenvalue weighted by Gasteiger charge is -2.09. The first-order valence-corrected chi connectivity index (χ1v) is 6.49. The SMILES string of the molecule is COC(=O)Cc1cccc(Cc2ccccc2OC)c1. The van der Waals surface area contributed by atoms with Gasteiger partial charge in [0.05, 0.1) is 20.6 Å². The smallest absolute Gasteiger partial charge is 0.309 e. The summed E-state index contributed by atoms with van der Waals surface area (Å²) in [5, 5.41) is 0. The van der Waals surface area contributed by atoms with Gasteiger partial charge in [-0.15, -0.1) is 0 Å². The van der Waals surface area contributed by atoms with E-state index in [0.717, 1.165) is 28.9 Å². The van der Waals surface area contributed by atoms with E-state index in [4.69, 9.17) is 4.74 Å². The lowest BCUT2D eigenvalue weighted by Crippen LogP contribution is -2.04. The first-order valence-electron chi connectivity index (χ1n) is 6.49. The Labute approximate surface area is 119 Å². The number of benzene rings is 2. The molecule has 3 nitrogen and oxygen atoms in total. The lowest BCUT2D eigenvalue weighted by atomic mass is 10.0. The molecule has 0 bridgehead atoms. The molecule has 0 aromatic heterocycles. The van der Waals surface area contributed by atoms with E-state index in [2.05, 4.69) is 4.74 Å². The molecule has 3 heteroatoms. The summed E-state index contributed by atoms with van der Waals surface area (Å²) in [5.74, 6) is 0.658. The summed E-state index contributed by atoms with van der Waals surface area (Å²) in [6.07, 6.45) is 1.08. The van der Waals surface area contributed by atoms with Crippen LogP contribution in [0, 0.1) is 0 Å². The molecular formula is C17H18O3. The number of carbonyl (C=O) groups is 1. The molecule has 0 spiro atoms. The van der Waals surface area contributed by atoms with Gasteiger partial charge in [-0.05, 0) is 22.8 Å². The van der Waals surface area contributed by atoms with Crippen LogP contribution in [-0.4, -0.2) is 20.2 Å². The summed E-state index contributed by atoms with van der Waals surface area (Å²) in [6, 6.07) is 15.9. The summed E-state index contributed by atoms with van der Waals surface area (Å²) >= 11 is 0. The zero-order valence-electron chi connectivity index (χ0n) is 11.8. The van der Waals surface area contributed by atoms with Crippen LogP contribution < -0.4 is 4.74 Å². The van der Waals surface area contributed by atoms with Gasteiger partial charge >= 0.3 is 5.97 Å². The van der Waals surface area contributed by atoms with Gasteiger partial charge in [0, 0.05) is 6.42 Å². The molecule has 2 aromatic carbocycles. The van der Waals surface area contributed by atoms with Crippen molar-refractivity contribution in [3.05, 3.63) is 65.2 Å². The van der Waals surface area contributed by atoms with Gasteiger partial charge in [-0.1, -0.05) is 42.5 Å². The van der Waals surface area contributed by atoms with Crippen molar-refractivity contribution in [2.75, 3.05) is 14.2 Å². The first kappa shape index (κ1) is 14.1. The fourth-order valence-corrected chi connectivity index (χ4v) is 2.16. The van der Waals surface area contributed by atoms with Gasteiger partial charge in [0.1, 0.15) is 5.75 Å². The number of rotatable bonds is 5. The van der Waals surface area contributed by atoms with Gasteiger partial charge in [0.15, 0.2) is 0 Å². The zero-order chi connectivity index (χ0) is 14.4. The Hall–Kier alpha value is -2.29. The summed E-state index contributed by atoms with van der Waals surface area (Å²) in [4.78, 5) is 11.3. The van der Waals surface area contributed by atoms with Gasteiger partial charge in [-0.2, -0.15) is 0 Å². The molecule has 0 radical (unpaired) electrons. The van der Waals surface area contributed by atoms with Crippen molar-refractivity contribution in [3.8, 4) is 5.75 Å². The third-order valence-corrected chi connectivity index (χ3v) is 3.15. The van der Waals surface area contributed by atoms with Crippen molar-refractivity contribution in [3.63, 3.8) is 0 Å². The van der Waals surface area contributed by atoms with E-state index in [1.165, 1.54) is 7.11 Å². The molecule has 0 aliphatic rings. The Morgan fingerprint density at radius 3 is 2.50 bits per heavy atom. The quantitative estimate of drug-likeness (QED) is 0.783. The van der Waals surface area contributed by atoms with Crippen molar-refractivity contribution in [2.24, 2.45) is 0 Å². The highest BCUT2D eigenvalue weighted by molar-refractivity contribution is 5.72. The van der Waals surface area contributed by atoms with Crippen LogP contribution in [0.1, 0.15) is 16.7 Å². The molecule has 0 heterocycles. The van der Waals surface area contributed by atoms with Crippen molar-refractivity contribution < 1.29 is 14.3 Å². The highest BCUT2D eigenvalue weighted by atomic mass is 16.5. The monoisotopic (exact) mass is 270 g/mol. The third kappa shape index (κ3) is 3.60. The van der Waals surface area contributed by atoms with E-state index in [0.29, 0.717) is 6.42 Å². The van der Waals surface area contributed by atoms with Crippen LogP contribution in [0.15, 0.2) is 48.5 Å². The second kappa shape index (κ2) is 6.75. The number of esters is 1. The molecule has 0 unspecified atom stereocenters. The first-order chi connectivity index (χ1) is 9.72. The Kier molecular flexibility index (Phi) is 4.77. The molecule has 0 aliphatic carbocycles. The molecule has 0 atom stereocenters. The van der Waals surface area contributed by atoms with Crippen LogP contribution in [0.2, 0.25) is 0 Å². The number of para-hydroxylation sites is 1. The normalized spacial score (nSPS) is 10.1. The third-order valence-electron chi connectivity index (χ3n) is 3.15. The van der Waals surface area contributed by atoms with E-state index in [1.807, 2.05) is 48.5 Å². The summed E-state index contributed by atoms with van der Waals surface area (Å²) < 4.78 is 10.0. The van der Waals surface area contributed by atoms with Crippen molar-refractivity contribution in [1.82, 2.24) is 0 Å². The van der Waals surface area contributed by atoms with Crippen molar-refractivity contribution >= 4 is 5.97 Å². The van der Waals surface area contributed by atoms with E-state index in [-0.39, 0.29) is 5.97 Å². The van der Waals surface area contributed by atoms with E-state index in [9.17, 15) is 4.79 Å².